The first-order chi connectivity index (χ1) is 10.0. The number of oxime groups is 1. The summed E-state index contributed by atoms with van der Waals surface area (Å²) >= 11 is 0. The predicted molar refractivity (Wildman–Crippen MR) is 82.2 cm³/mol. The zero-order chi connectivity index (χ0) is 15.4. The van der Waals surface area contributed by atoms with E-state index in [1.54, 1.807) is 12.1 Å². The van der Waals surface area contributed by atoms with Gasteiger partial charge >= 0.3 is 0 Å². The lowest BCUT2D eigenvalue weighted by Crippen LogP contribution is -2.16. The Balaban J connectivity index is 2.25. The third-order valence-corrected chi connectivity index (χ3v) is 3.40. The van der Waals surface area contributed by atoms with Gasteiger partial charge in [-0.25, -0.2) is 4.39 Å². The highest BCUT2D eigenvalue weighted by molar-refractivity contribution is 5.97. The van der Waals surface area contributed by atoms with Crippen molar-refractivity contribution in [2.45, 2.75) is 20.4 Å². The van der Waals surface area contributed by atoms with Gasteiger partial charge in [0.15, 0.2) is 5.84 Å². The number of rotatable bonds is 4. The number of nitrogens with zero attached hydrogens (tertiary/aromatic N) is 1. The SMILES string of the molecule is Cc1cccc(C)c1NCc1cccc(/C(N)=N/O)c1F. The molecule has 110 valence electrons. The molecule has 5 heteroatoms. The van der Waals surface area contributed by atoms with Crippen LogP contribution >= 0.6 is 0 Å². The zero-order valence-corrected chi connectivity index (χ0v) is 12.0. The van der Waals surface area contributed by atoms with Crippen LogP contribution in [-0.4, -0.2) is 11.0 Å². The number of nitrogens with two attached hydrogens (primary N) is 1. The van der Waals surface area contributed by atoms with E-state index in [4.69, 9.17) is 10.9 Å². The van der Waals surface area contributed by atoms with Gasteiger partial charge in [-0.1, -0.05) is 35.5 Å². The monoisotopic (exact) mass is 287 g/mol. The van der Waals surface area contributed by atoms with Gasteiger partial charge in [0.2, 0.25) is 0 Å². The number of para-hydroxylation sites is 1. The minimum atomic E-state index is -0.480. The third kappa shape index (κ3) is 3.13. The van der Waals surface area contributed by atoms with Crippen LogP contribution in [0.4, 0.5) is 10.1 Å². The molecular formula is C16H18FN3O. The van der Waals surface area contributed by atoms with Crippen LogP contribution in [0.15, 0.2) is 41.6 Å². The normalized spacial score (nSPS) is 11.5. The standard InChI is InChI=1S/C16H18FN3O/c1-10-5-3-6-11(2)15(10)19-9-12-7-4-8-13(14(12)17)16(18)20-21/h3-8,19,21H,9H2,1-2H3,(H2,18,20). The Kier molecular flexibility index (Phi) is 4.42. The molecule has 0 radical (unpaired) electrons. The maximum absolute atomic E-state index is 14.3. The van der Waals surface area contributed by atoms with Gasteiger partial charge < -0.3 is 16.3 Å². The van der Waals surface area contributed by atoms with E-state index in [0.717, 1.165) is 16.8 Å². The van der Waals surface area contributed by atoms with Crippen molar-refractivity contribution in [1.82, 2.24) is 0 Å². The molecule has 0 aliphatic carbocycles. The second kappa shape index (κ2) is 6.26. The van der Waals surface area contributed by atoms with Crippen LogP contribution in [0.25, 0.3) is 0 Å². The molecule has 4 N–H and O–H groups in total. The second-order valence-electron chi connectivity index (χ2n) is 4.88. The van der Waals surface area contributed by atoms with Gasteiger partial charge in [0.1, 0.15) is 5.82 Å². The summed E-state index contributed by atoms with van der Waals surface area (Å²) in [6.07, 6.45) is 0. The molecule has 0 unspecified atom stereocenters. The molecule has 4 nitrogen and oxygen atoms in total. The smallest absolute Gasteiger partial charge is 0.173 e. The first-order valence-electron chi connectivity index (χ1n) is 6.60. The van der Waals surface area contributed by atoms with Gasteiger partial charge in [-0.3, -0.25) is 0 Å². The Morgan fingerprint density at radius 1 is 1.19 bits per heavy atom. The summed E-state index contributed by atoms with van der Waals surface area (Å²) in [6.45, 7) is 4.32. The number of nitrogens with one attached hydrogen (secondary N) is 1. The van der Waals surface area contributed by atoms with Gasteiger partial charge in [-0.15, -0.1) is 0 Å². The molecule has 0 bridgehead atoms. The van der Waals surface area contributed by atoms with E-state index < -0.39 is 5.82 Å². The van der Waals surface area contributed by atoms with Crippen molar-refractivity contribution in [2.24, 2.45) is 10.9 Å². The number of halogens is 1. The summed E-state index contributed by atoms with van der Waals surface area (Å²) in [7, 11) is 0. The molecule has 0 aromatic heterocycles. The molecule has 0 aliphatic rings. The largest absolute Gasteiger partial charge is 0.409 e. The van der Waals surface area contributed by atoms with Crippen molar-refractivity contribution < 1.29 is 9.60 Å². The number of hydrogen-bond donors (Lipinski definition) is 3. The minimum Gasteiger partial charge on any atom is -0.409 e. The molecule has 2 rings (SSSR count). The minimum absolute atomic E-state index is 0.0957. The number of benzene rings is 2. The zero-order valence-electron chi connectivity index (χ0n) is 12.0. The molecule has 0 amide bonds. The first kappa shape index (κ1) is 14.8. The summed E-state index contributed by atoms with van der Waals surface area (Å²) < 4.78 is 14.3. The summed E-state index contributed by atoms with van der Waals surface area (Å²) in [4.78, 5) is 0. The predicted octanol–water partition coefficient (Wildman–Crippen LogP) is 3.15. The van der Waals surface area contributed by atoms with Gasteiger partial charge in [-0.05, 0) is 31.0 Å². The van der Waals surface area contributed by atoms with Crippen molar-refractivity contribution in [3.63, 3.8) is 0 Å². The van der Waals surface area contributed by atoms with E-state index in [1.165, 1.54) is 6.07 Å². The molecule has 2 aromatic carbocycles. The fourth-order valence-corrected chi connectivity index (χ4v) is 2.24. The molecule has 0 saturated carbocycles. The summed E-state index contributed by atoms with van der Waals surface area (Å²) in [6, 6.07) is 10.8. The van der Waals surface area contributed by atoms with Gasteiger partial charge in [-0.2, -0.15) is 0 Å². The highest BCUT2D eigenvalue weighted by Crippen LogP contribution is 2.21. The van der Waals surface area contributed by atoms with Crippen LogP contribution in [0.2, 0.25) is 0 Å². The topological polar surface area (TPSA) is 70.6 Å². The van der Waals surface area contributed by atoms with Crippen molar-refractivity contribution in [3.05, 3.63) is 64.5 Å². The molecule has 0 saturated heterocycles. The quantitative estimate of drug-likeness (QED) is 0.350. The fraction of sp³-hybridized carbons (Fsp3) is 0.188. The molecule has 0 heterocycles. The summed E-state index contributed by atoms with van der Waals surface area (Å²) in [5.41, 5.74) is 9.21. The lowest BCUT2D eigenvalue weighted by molar-refractivity contribution is 0.318. The van der Waals surface area contributed by atoms with Gasteiger partial charge in [0.25, 0.3) is 0 Å². The van der Waals surface area contributed by atoms with Gasteiger partial charge in [0, 0.05) is 17.8 Å². The van der Waals surface area contributed by atoms with E-state index in [9.17, 15) is 4.39 Å². The third-order valence-electron chi connectivity index (χ3n) is 3.40. The maximum Gasteiger partial charge on any atom is 0.173 e. The van der Waals surface area contributed by atoms with Crippen LogP contribution in [0.5, 0.6) is 0 Å². The summed E-state index contributed by atoms with van der Waals surface area (Å²) in [5, 5.41) is 14.7. The molecule has 0 fully saturated rings. The Morgan fingerprint density at radius 2 is 1.81 bits per heavy atom. The van der Waals surface area contributed by atoms with Crippen molar-refractivity contribution >= 4 is 11.5 Å². The van der Waals surface area contributed by atoms with E-state index >= 15 is 0 Å². The average Bonchev–Trinajstić information content (AvgIpc) is 2.47. The van der Waals surface area contributed by atoms with Gasteiger partial charge in [0.05, 0.1) is 5.56 Å². The van der Waals surface area contributed by atoms with Crippen LogP contribution in [0, 0.1) is 19.7 Å². The van der Waals surface area contributed by atoms with Crippen LogP contribution < -0.4 is 11.1 Å². The Hall–Kier alpha value is -2.56. The van der Waals surface area contributed by atoms with E-state index in [0.29, 0.717) is 12.1 Å². The first-order valence-corrected chi connectivity index (χ1v) is 6.60. The number of aryl methyl sites for hydroxylation is 2. The summed E-state index contributed by atoms with van der Waals surface area (Å²) in [5.74, 6) is -0.715. The van der Waals surface area contributed by atoms with Crippen LogP contribution in [0.3, 0.4) is 0 Å². The van der Waals surface area contributed by atoms with E-state index in [1.807, 2.05) is 32.0 Å². The molecule has 0 atom stereocenters. The lowest BCUT2D eigenvalue weighted by atomic mass is 10.1. The van der Waals surface area contributed by atoms with Crippen molar-refractivity contribution in [2.75, 3.05) is 5.32 Å². The van der Waals surface area contributed by atoms with Crippen molar-refractivity contribution in [3.8, 4) is 0 Å². The van der Waals surface area contributed by atoms with E-state index in [2.05, 4.69) is 10.5 Å². The highest BCUT2D eigenvalue weighted by Gasteiger charge is 2.12. The lowest BCUT2D eigenvalue weighted by Gasteiger charge is -2.14. The molecule has 0 aliphatic heterocycles. The van der Waals surface area contributed by atoms with E-state index in [-0.39, 0.29) is 11.4 Å². The molecule has 2 aromatic rings. The fourth-order valence-electron chi connectivity index (χ4n) is 2.24. The number of anilines is 1. The molecule has 21 heavy (non-hydrogen) atoms. The van der Waals surface area contributed by atoms with Crippen molar-refractivity contribution in [1.29, 1.82) is 0 Å². The highest BCUT2D eigenvalue weighted by atomic mass is 19.1. The Labute approximate surface area is 123 Å². The van der Waals surface area contributed by atoms with Crippen LogP contribution in [-0.2, 0) is 6.54 Å². The molecule has 0 spiro atoms. The number of hydrogen-bond acceptors (Lipinski definition) is 3. The Morgan fingerprint density at radius 3 is 2.43 bits per heavy atom. The van der Waals surface area contributed by atoms with Crippen LogP contribution in [0.1, 0.15) is 22.3 Å². The Bertz CT molecular complexity index is 663. The average molecular weight is 287 g/mol. The maximum atomic E-state index is 14.3. The molecular weight excluding hydrogens is 269 g/mol. The number of amidine groups is 1. The second-order valence-corrected chi connectivity index (χ2v) is 4.88.